The minimum atomic E-state index is -0.694. The highest BCUT2D eigenvalue weighted by Gasteiger charge is 2.24. The summed E-state index contributed by atoms with van der Waals surface area (Å²) >= 11 is 0. The summed E-state index contributed by atoms with van der Waals surface area (Å²) in [6.45, 7) is 4.99. The first-order valence-corrected chi connectivity index (χ1v) is 12.7. The predicted octanol–water partition coefficient (Wildman–Crippen LogP) is 5.74. The van der Waals surface area contributed by atoms with Crippen molar-refractivity contribution in [3.8, 4) is 46.0 Å². The van der Waals surface area contributed by atoms with Crippen molar-refractivity contribution >= 4 is 11.9 Å². The average molecular weight is 555 g/mol. The molecule has 0 bridgehead atoms. The molecule has 0 saturated carbocycles. The van der Waals surface area contributed by atoms with Gasteiger partial charge in [-0.15, -0.1) is 0 Å². The molecule has 10 nitrogen and oxygen atoms in total. The standard InChI is InChI=1S/C30H34O10/c1-7-13-37-21-15-23(33-3)27(24(16-21)34-4)29(31)39-19-9-11-20(12-10-19)40-30(32)28-25(35-5)17-22(38-14-8-2)18-26(28)36-6/h9-12,15-18H,7-8,13-14H2,1-6H3. The van der Waals surface area contributed by atoms with Crippen LogP contribution >= 0.6 is 0 Å². The van der Waals surface area contributed by atoms with Crippen LogP contribution in [0.4, 0.5) is 0 Å². The lowest BCUT2D eigenvalue weighted by molar-refractivity contribution is 0.0711. The molecule has 3 rings (SSSR count). The molecular formula is C30H34O10. The lowest BCUT2D eigenvalue weighted by Gasteiger charge is -2.16. The largest absolute Gasteiger partial charge is 0.496 e. The highest BCUT2D eigenvalue weighted by atomic mass is 16.6. The molecule has 0 aliphatic rings. The number of methoxy groups -OCH3 is 4. The Labute approximate surface area is 233 Å². The van der Waals surface area contributed by atoms with Crippen molar-refractivity contribution in [2.45, 2.75) is 26.7 Å². The van der Waals surface area contributed by atoms with Gasteiger partial charge in [0.25, 0.3) is 0 Å². The summed E-state index contributed by atoms with van der Waals surface area (Å²) in [5.41, 5.74) is 0.213. The van der Waals surface area contributed by atoms with Gasteiger partial charge in [0.05, 0.1) is 41.7 Å². The van der Waals surface area contributed by atoms with E-state index in [-0.39, 0.29) is 45.6 Å². The molecule has 0 saturated heterocycles. The quantitative estimate of drug-likeness (QED) is 0.181. The lowest BCUT2D eigenvalue weighted by Crippen LogP contribution is -2.13. The van der Waals surface area contributed by atoms with Gasteiger partial charge in [0, 0.05) is 24.3 Å². The van der Waals surface area contributed by atoms with Crippen LogP contribution in [0, 0.1) is 0 Å². The summed E-state index contributed by atoms with van der Waals surface area (Å²) < 4.78 is 43.9. The second-order valence-electron chi connectivity index (χ2n) is 8.35. The molecular weight excluding hydrogens is 520 g/mol. The van der Waals surface area contributed by atoms with Crippen molar-refractivity contribution in [3.63, 3.8) is 0 Å². The van der Waals surface area contributed by atoms with E-state index in [2.05, 4.69) is 0 Å². The van der Waals surface area contributed by atoms with Gasteiger partial charge in [-0.3, -0.25) is 0 Å². The molecule has 0 unspecified atom stereocenters. The second kappa shape index (κ2) is 14.5. The van der Waals surface area contributed by atoms with Gasteiger partial charge in [0.15, 0.2) is 0 Å². The Bertz CT molecular complexity index is 1150. The fourth-order valence-corrected chi connectivity index (χ4v) is 3.68. The number of ether oxygens (including phenoxy) is 8. The molecule has 0 aliphatic heterocycles. The van der Waals surface area contributed by atoms with Gasteiger partial charge in [-0.1, -0.05) is 13.8 Å². The number of esters is 2. The summed E-state index contributed by atoms with van der Waals surface area (Å²) in [7, 11) is 5.75. The molecule has 0 N–H and O–H groups in total. The lowest BCUT2D eigenvalue weighted by atomic mass is 10.1. The summed E-state index contributed by atoms with van der Waals surface area (Å²) in [6.07, 6.45) is 1.64. The fraction of sp³-hybridized carbons (Fsp3) is 0.333. The smallest absolute Gasteiger partial charge is 0.351 e. The molecule has 0 atom stereocenters. The maximum atomic E-state index is 13.0. The molecule has 40 heavy (non-hydrogen) atoms. The van der Waals surface area contributed by atoms with Crippen molar-refractivity contribution in [1.82, 2.24) is 0 Å². The van der Waals surface area contributed by atoms with E-state index in [0.29, 0.717) is 24.7 Å². The minimum Gasteiger partial charge on any atom is -0.496 e. The first kappa shape index (κ1) is 29.9. The molecule has 0 spiro atoms. The van der Waals surface area contributed by atoms with Crippen LogP contribution in [-0.4, -0.2) is 53.6 Å². The van der Waals surface area contributed by atoms with Crippen LogP contribution < -0.4 is 37.9 Å². The van der Waals surface area contributed by atoms with Crippen molar-refractivity contribution in [2.24, 2.45) is 0 Å². The van der Waals surface area contributed by atoms with Gasteiger partial charge in [-0.25, -0.2) is 9.59 Å². The maximum absolute atomic E-state index is 13.0. The van der Waals surface area contributed by atoms with Crippen LogP contribution in [0.15, 0.2) is 48.5 Å². The maximum Gasteiger partial charge on any atom is 0.351 e. The van der Waals surface area contributed by atoms with Gasteiger partial charge < -0.3 is 37.9 Å². The van der Waals surface area contributed by atoms with Crippen molar-refractivity contribution in [2.75, 3.05) is 41.7 Å². The normalized spacial score (nSPS) is 10.3. The summed E-state index contributed by atoms with van der Waals surface area (Å²) in [4.78, 5) is 26.1. The molecule has 214 valence electrons. The second-order valence-corrected chi connectivity index (χ2v) is 8.35. The van der Waals surface area contributed by atoms with Crippen molar-refractivity contribution in [3.05, 3.63) is 59.7 Å². The molecule has 0 radical (unpaired) electrons. The zero-order valence-electron chi connectivity index (χ0n) is 23.5. The Balaban J connectivity index is 1.77. The molecule has 0 heterocycles. The zero-order valence-corrected chi connectivity index (χ0v) is 23.5. The first-order valence-electron chi connectivity index (χ1n) is 12.7. The van der Waals surface area contributed by atoms with Crippen LogP contribution in [0.5, 0.6) is 46.0 Å². The Morgan fingerprint density at radius 1 is 0.525 bits per heavy atom. The van der Waals surface area contributed by atoms with Gasteiger partial charge in [-0.05, 0) is 37.1 Å². The van der Waals surface area contributed by atoms with E-state index in [9.17, 15) is 9.59 Å². The van der Waals surface area contributed by atoms with Gasteiger partial charge >= 0.3 is 11.9 Å². The van der Waals surface area contributed by atoms with E-state index in [4.69, 9.17) is 37.9 Å². The van der Waals surface area contributed by atoms with Crippen LogP contribution in [0.1, 0.15) is 47.4 Å². The van der Waals surface area contributed by atoms with Crippen LogP contribution in [0.2, 0.25) is 0 Å². The molecule has 10 heteroatoms. The van der Waals surface area contributed by atoms with E-state index < -0.39 is 11.9 Å². The van der Waals surface area contributed by atoms with Crippen LogP contribution in [-0.2, 0) is 0 Å². The molecule has 0 fully saturated rings. The summed E-state index contributed by atoms with van der Waals surface area (Å²) in [6, 6.07) is 12.4. The predicted molar refractivity (Wildman–Crippen MR) is 147 cm³/mol. The number of hydrogen-bond acceptors (Lipinski definition) is 10. The average Bonchev–Trinajstić information content (AvgIpc) is 2.98. The Morgan fingerprint density at radius 3 is 1.07 bits per heavy atom. The van der Waals surface area contributed by atoms with Gasteiger partial charge in [0.1, 0.15) is 57.1 Å². The Hall–Kier alpha value is -4.60. The minimum absolute atomic E-state index is 0.106. The number of carbonyl (C=O) groups is 2. The van der Waals surface area contributed by atoms with Crippen molar-refractivity contribution in [1.29, 1.82) is 0 Å². The number of benzene rings is 3. The van der Waals surface area contributed by atoms with Crippen LogP contribution in [0.25, 0.3) is 0 Å². The SMILES string of the molecule is CCCOc1cc(OC)c(C(=O)Oc2ccc(OC(=O)c3c(OC)cc(OCCC)cc3OC)cc2)c(OC)c1. The fourth-order valence-electron chi connectivity index (χ4n) is 3.68. The first-order chi connectivity index (χ1) is 19.4. The molecule has 0 amide bonds. The molecule has 3 aromatic rings. The Morgan fingerprint density at radius 2 is 0.825 bits per heavy atom. The van der Waals surface area contributed by atoms with Gasteiger partial charge in [0.2, 0.25) is 0 Å². The number of carbonyl (C=O) groups excluding carboxylic acids is 2. The van der Waals surface area contributed by atoms with E-state index in [1.165, 1.54) is 52.7 Å². The van der Waals surface area contributed by atoms with Gasteiger partial charge in [-0.2, -0.15) is 0 Å². The molecule has 0 aromatic heterocycles. The molecule has 3 aromatic carbocycles. The van der Waals surface area contributed by atoms with Crippen LogP contribution in [0.3, 0.4) is 0 Å². The Kier molecular flexibility index (Phi) is 10.9. The summed E-state index contributed by atoms with van der Waals surface area (Å²) in [5.74, 6) is 1.04. The van der Waals surface area contributed by atoms with E-state index >= 15 is 0 Å². The third-order valence-corrected chi connectivity index (χ3v) is 5.56. The third-order valence-electron chi connectivity index (χ3n) is 5.56. The summed E-state index contributed by atoms with van der Waals surface area (Å²) in [5, 5.41) is 0. The van der Waals surface area contributed by atoms with E-state index in [1.54, 1.807) is 24.3 Å². The highest BCUT2D eigenvalue weighted by Crippen LogP contribution is 2.37. The highest BCUT2D eigenvalue weighted by molar-refractivity contribution is 5.98. The van der Waals surface area contributed by atoms with E-state index in [1.807, 2.05) is 13.8 Å². The van der Waals surface area contributed by atoms with Crippen molar-refractivity contribution < 1.29 is 47.5 Å². The molecule has 0 aliphatic carbocycles. The zero-order chi connectivity index (χ0) is 29.1. The monoisotopic (exact) mass is 554 g/mol. The van der Waals surface area contributed by atoms with E-state index in [0.717, 1.165) is 12.8 Å². The third kappa shape index (κ3) is 7.28. The topological polar surface area (TPSA) is 108 Å². The number of hydrogen-bond donors (Lipinski definition) is 0. The number of rotatable bonds is 14.